The number of nitrogens with one attached hydrogen (secondary N) is 1. The van der Waals surface area contributed by atoms with Crippen LogP contribution in [0.25, 0.3) is 10.2 Å². The van der Waals surface area contributed by atoms with Crippen molar-refractivity contribution in [1.29, 1.82) is 0 Å². The molecule has 0 spiro atoms. The van der Waals surface area contributed by atoms with Gasteiger partial charge in [-0.1, -0.05) is 27.7 Å². The molecule has 110 valence electrons. The Morgan fingerprint density at radius 1 is 1.40 bits per heavy atom. The van der Waals surface area contributed by atoms with Crippen molar-refractivity contribution in [3.63, 3.8) is 0 Å². The van der Waals surface area contributed by atoms with E-state index >= 15 is 0 Å². The van der Waals surface area contributed by atoms with Crippen LogP contribution in [0.3, 0.4) is 0 Å². The zero-order valence-electron chi connectivity index (χ0n) is 12.7. The van der Waals surface area contributed by atoms with Gasteiger partial charge in [-0.15, -0.1) is 11.3 Å². The molecule has 2 aromatic heterocycles. The second kappa shape index (κ2) is 5.63. The number of anilines is 1. The lowest BCUT2D eigenvalue weighted by Crippen LogP contribution is -2.23. The standard InChI is InChI=1S/C14H22N4OS/c1-6-8-7-9-11(18-15)16-12(17-13(9)20-8)10(19-5)14(2,3)4/h7,10H,6,15H2,1-5H3,(H,16,17,18). The summed E-state index contributed by atoms with van der Waals surface area (Å²) in [6, 6.07) is 2.10. The minimum atomic E-state index is -0.175. The first-order valence-electron chi connectivity index (χ1n) is 6.70. The van der Waals surface area contributed by atoms with Gasteiger partial charge in [0.1, 0.15) is 10.9 Å². The first kappa shape index (κ1) is 15.2. The molecule has 1 unspecified atom stereocenters. The molecule has 1 atom stereocenters. The second-order valence-corrected chi connectivity index (χ2v) is 6.96. The van der Waals surface area contributed by atoms with Crippen LogP contribution in [-0.2, 0) is 11.2 Å². The topological polar surface area (TPSA) is 73.1 Å². The summed E-state index contributed by atoms with van der Waals surface area (Å²) in [4.78, 5) is 11.4. The number of fused-ring (bicyclic) bond motifs is 1. The molecule has 0 amide bonds. The average molecular weight is 294 g/mol. The molecule has 0 fully saturated rings. The number of ether oxygens (including phenoxy) is 1. The zero-order valence-corrected chi connectivity index (χ0v) is 13.5. The van der Waals surface area contributed by atoms with Crippen molar-refractivity contribution < 1.29 is 4.74 Å². The lowest BCUT2D eigenvalue weighted by Gasteiger charge is -2.28. The summed E-state index contributed by atoms with van der Waals surface area (Å²) >= 11 is 1.68. The summed E-state index contributed by atoms with van der Waals surface area (Å²) in [7, 11) is 1.69. The average Bonchev–Trinajstić information content (AvgIpc) is 2.79. The van der Waals surface area contributed by atoms with Gasteiger partial charge in [-0.25, -0.2) is 15.8 Å². The second-order valence-electron chi connectivity index (χ2n) is 5.84. The monoisotopic (exact) mass is 294 g/mol. The Morgan fingerprint density at radius 3 is 2.60 bits per heavy atom. The van der Waals surface area contributed by atoms with E-state index in [1.807, 2.05) is 0 Å². The maximum absolute atomic E-state index is 5.61. The summed E-state index contributed by atoms with van der Waals surface area (Å²) in [6.07, 6.45) is 0.805. The van der Waals surface area contributed by atoms with Crippen molar-refractivity contribution in [3.05, 3.63) is 16.8 Å². The summed E-state index contributed by atoms with van der Waals surface area (Å²) < 4.78 is 5.59. The molecular weight excluding hydrogens is 272 g/mol. The predicted molar refractivity (Wildman–Crippen MR) is 83.8 cm³/mol. The van der Waals surface area contributed by atoms with Gasteiger partial charge in [0.25, 0.3) is 0 Å². The Hall–Kier alpha value is -1.24. The molecular formula is C14H22N4OS. The van der Waals surface area contributed by atoms with E-state index in [0.29, 0.717) is 11.6 Å². The van der Waals surface area contributed by atoms with Crippen molar-refractivity contribution in [2.24, 2.45) is 11.3 Å². The number of aromatic nitrogens is 2. The lowest BCUT2D eigenvalue weighted by atomic mass is 9.88. The van der Waals surface area contributed by atoms with Crippen molar-refractivity contribution in [3.8, 4) is 0 Å². The van der Waals surface area contributed by atoms with Crippen LogP contribution in [0.15, 0.2) is 6.07 Å². The highest BCUT2D eigenvalue weighted by atomic mass is 32.1. The molecule has 2 heterocycles. The highest BCUT2D eigenvalue weighted by Gasteiger charge is 2.29. The van der Waals surface area contributed by atoms with E-state index in [4.69, 9.17) is 10.6 Å². The fraction of sp³-hybridized carbons (Fsp3) is 0.571. The van der Waals surface area contributed by atoms with Crippen LogP contribution >= 0.6 is 11.3 Å². The minimum absolute atomic E-state index is 0.0842. The molecule has 0 saturated carbocycles. The highest BCUT2D eigenvalue weighted by molar-refractivity contribution is 7.18. The summed E-state index contributed by atoms with van der Waals surface area (Å²) in [5.41, 5.74) is 2.59. The summed E-state index contributed by atoms with van der Waals surface area (Å²) in [5.74, 6) is 6.94. The van der Waals surface area contributed by atoms with E-state index in [0.717, 1.165) is 16.6 Å². The Balaban J connectivity index is 2.60. The van der Waals surface area contributed by atoms with Crippen molar-refractivity contribution in [2.45, 2.75) is 40.2 Å². The third kappa shape index (κ3) is 2.77. The van der Waals surface area contributed by atoms with Gasteiger partial charge >= 0.3 is 0 Å². The fourth-order valence-corrected chi connectivity index (χ4v) is 3.21. The SMILES string of the molecule is CCc1cc2c(NN)nc(C(OC)C(C)(C)C)nc2s1. The minimum Gasteiger partial charge on any atom is -0.373 e. The number of hydrazine groups is 1. The Bertz CT molecular complexity index is 603. The first-order valence-corrected chi connectivity index (χ1v) is 7.52. The Kier molecular flexibility index (Phi) is 4.27. The van der Waals surface area contributed by atoms with Gasteiger partial charge in [-0.05, 0) is 17.9 Å². The number of nitrogen functional groups attached to an aromatic ring is 1. The van der Waals surface area contributed by atoms with Crippen LogP contribution in [-0.4, -0.2) is 17.1 Å². The molecule has 2 rings (SSSR count). The number of nitrogens with two attached hydrogens (primary N) is 1. The van der Waals surface area contributed by atoms with Gasteiger partial charge in [0.05, 0.1) is 5.39 Å². The normalized spacial score (nSPS) is 13.7. The molecule has 0 saturated heterocycles. The number of hydrogen-bond acceptors (Lipinski definition) is 6. The number of thiophene rings is 1. The number of nitrogens with zero attached hydrogens (tertiary/aromatic N) is 2. The molecule has 2 aromatic rings. The molecule has 3 N–H and O–H groups in total. The van der Waals surface area contributed by atoms with Gasteiger partial charge < -0.3 is 10.2 Å². The molecule has 0 aliphatic carbocycles. The van der Waals surface area contributed by atoms with Gasteiger partial charge in [0.2, 0.25) is 0 Å². The van der Waals surface area contributed by atoms with E-state index in [1.54, 1.807) is 18.4 Å². The maximum Gasteiger partial charge on any atom is 0.161 e. The van der Waals surface area contributed by atoms with Crippen molar-refractivity contribution >= 4 is 27.4 Å². The fourth-order valence-electron chi connectivity index (χ4n) is 2.24. The Morgan fingerprint density at radius 2 is 2.10 bits per heavy atom. The summed E-state index contributed by atoms with van der Waals surface area (Å²) in [6.45, 7) is 8.45. The smallest absolute Gasteiger partial charge is 0.161 e. The summed E-state index contributed by atoms with van der Waals surface area (Å²) in [5, 5.41) is 0.974. The third-order valence-corrected chi connectivity index (χ3v) is 4.38. The largest absolute Gasteiger partial charge is 0.373 e. The number of methoxy groups -OCH3 is 1. The Labute approximate surface area is 123 Å². The van der Waals surface area contributed by atoms with Gasteiger partial charge in [0.15, 0.2) is 11.6 Å². The van der Waals surface area contributed by atoms with E-state index < -0.39 is 0 Å². The molecule has 0 bridgehead atoms. The molecule has 0 aromatic carbocycles. The number of aryl methyl sites for hydroxylation is 1. The van der Waals surface area contributed by atoms with E-state index in [9.17, 15) is 0 Å². The van der Waals surface area contributed by atoms with E-state index in [1.165, 1.54) is 4.88 Å². The maximum atomic E-state index is 5.61. The van der Waals surface area contributed by atoms with Crippen molar-refractivity contribution in [1.82, 2.24) is 9.97 Å². The van der Waals surface area contributed by atoms with Crippen molar-refractivity contribution in [2.75, 3.05) is 12.5 Å². The molecule has 0 radical (unpaired) electrons. The highest BCUT2D eigenvalue weighted by Crippen LogP contribution is 2.37. The van der Waals surface area contributed by atoms with E-state index in [-0.39, 0.29) is 11.5 Å². The van der Waals surface area contributed by atoms with E-state index in [2.05, 4.69) is 49.2 Å². The van der Waals surface area contributed by atoms with Crippen LogP contribution < -0.4 is 11.3 Å². The van der Waals surface area contributed by atoms with Crippen LogP contribution in [0, 0.1) is 5.41 Å². The van der Waals surface area contributed by atoms with Crippen LogP contribution in [0.5, 0.6) is 0 Å². The van der Waals surface area contributed by atoms with Gasteiger partial charge in [-0.2, -0.15) is 0 Å². The number of rotatable bonds is 4. The third-order valence-electron chi connectivity index (χ3n) is 3.20. The molecule has 0 aliphatic heterocycles. The molecule has 20 heavy (non-hydrogen) atoms. The quantitative estimate of drug-likeness (QED) is 0.669. The van der Waals surface area contributed by atoms with Crippen LogP contribution in [0.2, 0.25) is 0 Å². The first-order chi connectivity index (χ1) is 9.40. The number of hydrogen-bond donors (Lipinski definition) is 2. The zero-order chi connectivity index (χ0) is 14.9. The molecule has 6 heteroatoms. The lowest BCUT2D eigenvalue weighted by molar-refractivity contribution is 0.00904. The van der Waals surface area contributed by atoms with Crippen LogP contribution in [0.1, 0.15) is 44.5 Å². The van der Waals surface area contributed by atoms with Crippen LogP contribution in [0.4, 0.5) is 5.82 Å². The van der Waals surface area contributed by atoms with Gasteiger partial charge in [0, 0.05) is 12.0 Å². The molecule has 0 aliphatic rings. The predicted octanol–water partition coefficient (Wildman–Crippen LogP) is 3.27. The van der Waals surface area contributed by atoms with Gasteiger partial charge in [-0.3, -0.25) is 0 Å². The molecule has 5 nitrogen and oxygen atoms in total.